The molecule has 2 aliphatic heterocycles. The van der Waals surface area contributed by atoms with Crippen LogP contribution in [0.25, 0.3) is 10.9 Å². The van der Waals surface area contributed by atoms with E-state index in [-0.39, 0.29) is 11.8 Å². The number of carbonyl (C=O) groups is 1. The first-order valence-electron chi connectivity index (χ1n) is 9.71. The zero-order valence-corrected chi connectivity index (χ0v) is 17.1. The highest BCUT2D eigenvalue weighted by atomic mass is 79.9. The summed E-state index contributed by atoms with van der Waals surface area (Å²) in [7, 11) is 0. The lowest BCUT2D eigenvalue weighted by Crippen LogP contribution is -2.54. The van der Waals surface area contributed by atoms with Crippen LogP contribution in [0.1, 0.15) is 28.3 Å². The van der Waals surface area contributed by atoms with Crippen molar-refractivity contribution in [2.45, 2.75) is 11.5 Å². The predicted molar refractivity (Wildman–Crippen MR) is 118 cm³/mol. The molecule has 2 aliphatic rings. The fourth-order valence-corrected chi connectivity index (χ4v) is 5.30. The molecule has 4 aromatic rings. The summed E-state index contributed by atoms with van der Waals surface area (Å²) in [4.78, 5) is 17.0. The van der Waals surface area contributed by atoms with E-state index in [9.17, 15) is 4.79 Å². The van der Waals surface area contributed by atoms with Gasteiger partial charge in [0.05, 0.1) is 5.69 Å². The van der Waals surface area contributed by atoms with Gasteiger partial charge in [0.25, 0.3) is 5.91 Å². The maximum atomic E-state index is 13.4. The molecule has 1 spiro atoms. The Hall–Kier alpha value is -2.89. The number of hydrogen-bond acceptors (Lipinski definition) is 2. The van der Waals surface area contributed by atoms with Gasteiger partial charge in [-0.1, -0.05) is 64.5 Å². The lowest BCUT2D eigenvalue weighted by atomic mass is 9.76. The number of nitrogens with one attached hydrogen (secondary N) is 3. The molecule has 0 radical (unpaired) electrons. The van der Waals surface area contributed by atoms with Crippen LogP contribution in [0.5, 0.6) is 0 Å². The van der Waals surface area contributed by atoms with E-state index < -0.39 is 5.54 Å². The first kappa shape index (κ1) is 17.0. The third kappa shape index (κ3) is 2.26. The normalized spacial score (nSPS) is 22.5. The minimum Gasteiger partial charge on any atom is -0.356 e. The van der Waals surface area contributed by atoms with Gasteiger partial charge < -0.3 is 10.3 Å². The Balaban J connectivity index is 1.68. The fraction of sp³-hybridized carbons (Fsp3) is 0.125. The van der Waals surface area contributed by atoms with Crippen molar-refractivity contribution in [3.05, 3.63) is 99.7 Å². The molecule has 0 bridgehead atoms. The number of fused-ring (bicyclic) bond motifs is 6. The smallest absolute Gasteiger partial charge is 0.255 e. The van der Waals surface area contributed by atoms with Crippen LogP contribution in [0.2, 0.25) is 0 Å². The summed E-state index contributed by atoms with van der Waals surface area (Å²) >= 11 is 3.58. The summed E-state index contributed by atoms with van der Waals surface area (Å²) in [5.41, 5.74) is 5.33. The zero-order chi connectivity index (χ0) is 19.6. The van der Waals surface area contributed by atoms with Crippen molar-refractivity contribution in [1.82, 2.24) is 10.3 Å². The van der Waals surface area contributed by atoms with Crippen LogP contribution in [0.4, 0.5) is 5.69 Å². The highest BCUT2D eigenvalue weighted by Gasteiger charge is 2.53. The molecule has 6 rings (SSSR count). The van der Waals surface area contributed by atoms with Gasteiger partial charge in [-0.15, -0.1) is 0 Å². The average molecular weight is 444 g/mol. The van der Waals surface area contributed by atoms with Gasteiger partial charge in [-0.2, -0.15) is 0 Å². The second kappa shape index (κ2) is 6.05. The molecule has 3 aromatic carbocycles. The van der Waals surface area contributed by atoms with Gasteiger partial charge in [0.2, 0.25) is 0 Å². The first-order valence-corrected chi connectivity index (χ1v) is 10.5. The molecule has 2 unspecified atom stereocenters. The van der Waals surface area contributed by atoms with Gasteiger partial charge in [-0.25, -0.2) is 0 Å². The molecule has 142 valence electrons. The predicted octanol–water partition coefficient (Wildman–Crippen LogP) is 4.86. The fourth-order valence-electron chi connectivity index (χ4n) is 4.93. The van der Waals surface area contributed by atoms with E-state index in [2.05, 4.69) is 74.0 Å². The molecule has 29 heavy (non-hydrogen) atoms. The number of carbonyl (C=O) groups excluding carboxylic acids is 1. The van der Waals surface area contributed by atoms with Crippen LogP contribution in [0.3, 0.4) is 0 Å². The van der Waals surface area contributed by atoms with Crippen LogP contribution in [0, 0.1) is 0 Å². The monoisotopic (exact) mass is 443 g/mol. The second-order valence-electron chi connectivity index (χ2n) is 7.70. The number of amides is 1. The summed E-state index contributed by atoms with van der Waals surface area (Å²) < 4.78 is 0.955. The number of hydrogen-bond donors (Lipinski definition) is 3. The van der Waals surface area contributed by atoms with Crippen LogP contribution in [-0.4, -0.2) is 17.4 Å². The molecule has 0 fully saturated rings. The van der Waals surface area contributed by atoms with E-state index in [0.29, 0.717) is 6.54 Å². The molecule has 3 N–H and O–H groups in total. The van der Waals surface area contributed by atoms with Crippen molar-refractivity contribution in [3.63, 3.8) is 0 Å². The molecule has 2 atom stereocenters. The molecule has 3 heterocycles. The van der Waals surface area contributed by atoms with Crippen molar-refractivity contribution >= 4 is 38.4 Å². The van der Waals surface area contributed by atoms with Crippen LogP contribution in [-0.2, 0) is 10.3 Å². The molecular formula is C24H18BrN3O. The largest absolute Gasteiger partial charge is 0.356 e. The number of H-pyrrole nitrogens is 1. The number of aromatic nitrogens is 1. The molecule has 1 aromatic heterocycles. The maximum absolute atomic E-state index is 13.4. The summed E-state index contributed by atoms with van der Waals surface area (Å²) in [6.45, 7) is 0.679. The van der Waals surface area contributed by atoms with Crippen LogP contribution in [0.15, 0.2) is 77.3 Å². The van der Waals surface area contributed by atoms with Crippen molar-refractivity contribution < 1.29 is 4.79 Å². The number of para-hydroxylation sites is 1. The number of anilines is 1. The number of benzene rings is 3. The Bertz CT molecular complexity index is 1280. The Labute approximate surface area is 176 Å². The first-order chi connectivity index (χ1) is 14.2. The Morgan fingerprint density at radius 2 is 1.76 bits per heavy atom. The van der Waals surface area contributed by atoms with E-state index in [1.165, 1.54) is 16.5 Å². The second-order valence-corrected chi connectivity index (χ2v) is 8.61. The van der Waals surface area contributed by atoms with Gasteiger partial charge >= 0.3 is 0 Å². The third-order valence-electron chi connectivity index (χ3n) is 6.22. The minimum absolute atomic E-state index is 0.0371. The van der Waals surface area contributed by atoms with Gasteiger partial charge in [-0.05, 0) is 35.4 Å². The van der Waals surface area contributed by atoms with Crippen molar-refractivity contribution in [1.29, 1.82) is 0 Å². The van der Waals surface area contributed by atoms with E-state index in [1.54, 1.807) is 0 Å². The zero-order valence-electron chi connectivity index (χ0n) is 15.5. The highest BCUT2D eigenvalue weighted by molar-refractivity contribution is 9.10. The Morgan fingerprint density at radius 3 is 2.62 bits per heavy atom. The van der Waals surface area contributed by atoms with E-state index in [1.807, 2.05) is 30.3 Å². The van der Waals surface area contributed by atoms with Crippen molar-refractivity contribution in [2.75, 3.05) is 11.9 Å². The van der Waals surface area contributed by atoms with Gasteiger partial charge in [0.1, 0.15) is 0 Å². The number of halogens is 1. The summed E-state index contributed by atoms with van der Waals surface area (Å²) in [6.07, 6.45) is 0. The van der Waals surface area contributed by atoms with Crippen LogP contribution < -0.4 is 10.6 Å². The van der Waals surface area contributed by atoms with E-state index >= 15 is 0 Å². The standard InChI is InChI=1S/C24H18BrN3O/c25-15-10-11-20-18(12-15)24(23(29)28-20)22-21(16-8-4-5-9-19(16)27-22)17(13-26-24)14-6-2-1-3-7-14/h1-12,17,26-27H,13H2,(H,28,29). The molecule has 4 nitrogen and oxygen atoms in total. The number of rotatable bonds is 1. The molecule has 0 saturated heterocycles. The lowest BCUT2D eigenvalue weighted by molar-refractivity contribution is -0.120. The average Bonchev–Trinajstić information content (AvgIpc) is 3.26. The summed E-state index contributed by atoms with van der Waals surface area (Å²) in [5.74, 6) is 0.127. The SMILES string of the molecule is O=C1Nc2ccc(Br)cc2C12NCC(c1ccccc1)c1c2[nH]c2ccccc12. The molecule has 1 amide bonds. The number of aromatic amines is 1. The molecule has 5 heteroatoms. The van der Waals surface area contributed by atoms with E-state index in [0.717, 1.165) is 26.9 Å². The van der Waals surface area contributed by atoms with E-state index in [4.69, 9.17) is 0 Å². The topological polar surface area (TPSA) is 56.9 Å². The molecular weight excluding hydrogens is 426 g/mol. The van der Waals surface area contributed by atoms with Gasteiger partial charge in [0.15, 0.2) is 5.54 Å². The summed E-state index contributed by atoms with van der Waals surface area (Å²) in [6, 6.07) is 24.8. The molecule has 0 aliphatic carbocycles. The lowest BCUT2D eigenvalue weighted by Gasteiger charge is -2.37. The van der Waals surface area contributed by atoms with Crippen molar-refractivity contribution in [3.8, 4) is 0 Å². The van der Waals surface area contributed by atoms with Crippen LogP contribution >= 0.6 is 15.9 Å². The maximum Gasteiger partial charge on any atom is 0.255 e. The highest BCUT2D eigenvalue weighted by Crippen LogP contribution is 2.49. The Morgan fingerprint density at radius 1 is 0.966 bits per heavy atom. The third-order valence-corrected chi connectivity index (χ3v) is 6.71. The Kier molecular flexibility index (Phi) is 3.55. The van der Waals surface area contributed by atoms with Gasteiger partial charge in [-0.3, -0.25) is 10.1 Å². The van der Waals surface area contributed by atoms with Crippen molar-refractivity contribution in [2.24, 2.45) is 0 Å². The minimum atomic E-state index is -0.918. The quantitative estimate of drug-likeness (QED) is 0.393. The molecule has 0 saturated carbocycles. The summed E-state index contributed by atoms with van der Waals surface area (Å²) in [5, 5.41) is 7.89. The van der Waals surface area contributed by atoms with Gasteiger partial charge in [0, 0.05) is 39.1 Å².